The minimum atomic E-state index is -2.09. The lowest BCUT2D eigenvalue weighted by molar-refractivity contribution is -0.385. The highest BCUT2D eigenvalue weighted by molar-refractivity contribution is 5.75. The molecule has 0 aromatic heterocycles. The first-order valence-electron chi connectivity index (χ1n) is 5.81. The van der Waals surface area contributed by atoms with E-state index < -0.39 is 23.1 Å². The molecule has 0 amide bonds. The molecule has 20 heavy (non-hydrogen) atoms. The Labute approximate surface area is 114 Å². The number of rotatable bonds is 6. The summed E-state index contributed by atoms with van der Waals surface area (Å²) < 4.78 is 23.1. The number of nitrogens with zero attached hydrogens (tertiary/aromatic N) is 1. The maximum atomic E-state index is 13.8. The fourth-order valence-corrected chi connectivity index (χ4v) is 1.59. The summed E-state index contributed by atoms with van der Waals surface area (Å²) in [4.78, 5) is 21.5. The van der Waals surface area contributed by atoms with Gasteiger partial charge in [0.05, 0.1) is 24.7 Å². The fraction of sp³-hybridized carbons (Fsp3) is 0.417. The van der Waals surface area contributed by atoms with Crippen molar-refractivity contribution < 1.29 is 23.6 Å². The average Bonchev–Trinajstić information content (AvgIpc) is 2.45. The van der Waals surface area contributed by atoms with Crippen molar-refractivity contribution in [2.45, 2.75) is 19.1 Å². The van der Waals surface area contributed by atoms with Crippen molar-refractivity contribution in [1.82, 2.24) is 0 Å². The number of benzene rings is 1. The van der Waals surface area contributed by atoms with Gasteiger partial charge < -0.3 is 15.2 Å². The summed E-state index contributed by atoms with van der Waals surface area (Å²) in [5.41, 5.74) is 5.35. The lowest BCUT2D eigenvalue weighted by atomic mass is 10.0. The van der Waals surface area contributed by atoms with Crippen molar-refractivity contribution in [1.29, 1.82) is 0 Å². The molecule has 0 spiro atoms. The van der Waals surface area contributed by atoms with E-state index in [-0.39, 0.29) is 23.6 Å². The standard InChI is InChI=1S/C12H15FN2O5/c1-3-20-12(16)10(13)11(14)7-4-5-9(19-2)8(6-7)15(17)18/h4-6,10-11H,3,14H2,1-2H3/t10?,11-/m0/s1. The first-order valence-corrected chi connectivity index (χ1v) is 5.81. The monoisotopic (exact) mass is 286 g/mol. The zero-order valence-electron chi connectivity index (χ0n) is 11.0. The summed E-state index contributed by atoms with van der Waals surface area (Å²) >= 11 is 0. The van der Waals surface area contributed by atoms with Crippen molar-refractivity contribution in [3.63, 3.8) is 0 Å². The Morgan fingerprint density at radius 3 is 2.70 bits per heavy atom. The van der Waals surface area contributed by atoms with E-state index in [1.807, 2.05) is 0 Å². The summed E-state index contributed by atoms with van der Waals surface area (Å²) in [6.07, 6.45) is -2.09. The molecule has 7 nitrogen and oxygen atoms in total. The lowest BCUT2D eigenvalue weighted by Gasteiger charge is -2.16. The van der Waals surface area contributed by atoms with E-state index in [4.69, 9.17) is 10.5 Å². The molecule has 1 rings (SSSR count). The molecule has 0 aliphatic heterocycles. The molecule has 2 N–H and O–H groups in total. The van der Waals surface area contributed by atoms with Crippen LogP contribution in [-0.4, -0.2) is 30.8 Å². The topological polar surface area (TPSA) is 105 Å². The van der Waals surface area contributed by atoms with Gasteiger partial charge in [-0.2, -0.15) is 0 Å². The van der Waals surface area contributed by atoms with Crippen LogP contribution in [0.15, 0.2) is 18.2 Å². The van der Waals surface area contributed by atoms with Crippen molar-refractivity contribution in [3.8, 4) is 5.75 Å². The number of ether oxygens (including phenoxy) is 2. The SMILES string of the molecule is CCOC(=O)C(F)[C@@H](N)c1ccc(OC)c([N+](=O)[O-])c1. The van der Waals surface area contributed by atoms with E-state index in [1.54, 1.807) is 0 Å². The number of esters is 1. The molecule has 1 aromatic carbocycles. The number of nitrogens with two attached hydrogens (primary N) is 1. The van der Waals surface area contributed by atoms with E-state index in [1.165, 1.54) is 26.2 Å². The summed E-state index contributed by atoms with van der Waals surface area (Å²) in [5.74, 6) is -1.07. The maximum Gasteiger partial charge on any atom is 0.342 e. The van der Waals surface area contributed by atoms with Crippen LogP contribution in [-0.2, 0) is 9.53 Å². The van der Waals surface area contributed by atoms with Crippen molar-refractivity contribution in [2.75, 3.05) is 13.7 Å². The number of alkyl halides is 1. The Morgan fingerprint density at radius 1 is 1.55 bits per heavy atom. The van der Waals surface area contributed by atoms with Crippen LogP contribution in [0.25, 0.3) is 0 Å². The van der Waals surface area contributed by atoms with Crippen LogP contribution in [0.1, 0.15) is 18.5 Å². The van der Waals surface area contributed by atoms with Gasteiger partial charge in [-0.05, 0) is 18.6 Å². The molecule has 0 fully saturated rings. The summed E-state index contributed by atoms with van der Waals surface area (Å²) in [7, 11) is 1.28. The molecule has 2 atom stereocenters. The number of carbonyl (C=O) groups is 1. The minimum Gasteiger partial charge on any atom is -0.490 e. The predicted molar refractivity (Wildman–Crippen MR) is 68.1 cm³/mol. The highest BCUT2D eigenvalue weighted by Gasteiger charge is 2.29. The summed E-state index contributed by atoms with van der Waals surface area (Å²) in [6.45, 7) is 1.56. The summed E-state index contributed by atoms with van der Waals surface area (Å²) in [6, 6.07) is 2.39. The Kier molecular flexibility index (Phi) is 5.39. The molecular formula is C12H15FN2O5. The van der Waals surface area contributed by atoms with Crippen LogP contribution in [0.3, 0.4) is 0 Å². The zero-order chi connectivity index (χ0) is 15.3. The largest absolute Gasteiger partial charge is 0.490 e. The zero-order valence-corrected chi connectivity index (χ0v) is 11.0. The number of nitro groups is 1. The third-order valence-electron chi connectivity index (χ3n) is 2.61. The number of nitro benzene ring substituents is 1. The molecule has 0 aliphatic rings. The molecule has 1 unspecified atom stereocenters. The number of halogens is 1. The van der Waals surface area contributed by atoms with Gasteiger partial charge in [0.1, 0.15) is 0 Å². The second kappa shape index (κ2) is 6.80. The molecule has 0 saturated carbocycles. The first kappa shape index (κ1) is 15.8. The molecule has 110 valence electrons. The third kappa shape index (κ3) is 3.41. The summed E-state index contributed by atoms with van der Waals surface area (Å²) in [5, 5.41) is 10.9. The Bertz CT molecular complexity index is 509. The van der Waals surface area contributed by atoms with Crippen LogP contribution in [0, 0.1) is 10.1 Å². The molecule has 0 saturated heterocycles. The third-order valence-corrected chi connectivity index (χ3v) is 2.61. The van der Waals surface area contributed by atoms with Gasteiger partial charge in [-0.15, -0.1) is 0 Å². The van der Waals surface area contributed by atoms with Gasteiger partial charge in [-0.3, -0.25) is 10.1 Å². The van der Waals surface area contributed by atoms with Crippen LogP contribution in [0.4, 0.5) is 10.1 Å². The van der Waals surface area contributed by atoms with Crippen molar-refractivity contribution in [2.24, 2.45) is 5.73 Å². The lowest BCUT2D eigenvalue weighted by Crippen LogP contribution is -2.31. The van der Waals surface area contributed by atoms with Gasteiger partial charge >= 0.3 is 11.7 Å². The van der Waals surface area contributed by atoms with E-state index in [0.29, 0.717) is 0 Å². The Morgan fingerprint density at radius 2 is 2.20 bits per heavy atom. The highest BCUT2D eigenvalue weighted by Crippen LogP contribution is 2.30. The minimum absolute atomic E-state index is 0.0226. The molecular weight excluding hydrogens is 271 g/mol. The van der Waals surface area contributed by atoms with Gasteiger partial charge in [0, 0.05) is 6.07 Å². The maximum absolute atomic E-state index is 13.8. The van der Waals surface area contributed by atoms with E-state index >= 15 is 0 Å². The van der Waals surface area contributed by atoms with Crippen LogP contribution >= 0.6 is 0 Å². The molecule has 8 heteroatoms. The second-order valence-corrected chi connectivity index (χ2v) is 3.87. The Hall–Kier alpha value is -2.22. The van der Waals surface area contributed by atoms with E-state index in [0.717, 1.165) is 6.07 Å². The van der Waals surface area contributed by atoms with Gasteiger partial charge in [-0.25, -0.2) is 9.18 Å². The van der Waals surface area contributed by atoms with Crippen molar-refractivity contribution in [3.05, 3.63) is 33.9 Å². The second-order valence-electron chi connectivity index (χ2n) is 3.87. The van der Waals surface area contributed by atoms with Gasteiger partial charge in [-0.1, -0.05) is 6.07 Å². The van der Waals surface area contributed by atoms with Gasteiger partial charge in [0.2, 0.25) is 6.17 Å². The highest BCUT2D eigenvalue weighted by atomic mass is 19.1. The molecule has 0 aliphatic carbocycles. The Balaban J connectivity index is 3.04. The number of carbonyl (C=O) groups excluding carboxylic acids is 1. The normalized spacial score (nSPS) is 13.4. The number of hydrogen-bond acceptors (Lipinski definition) is 6. The smallest absolute Gasteiger partial charge is 0.342 e. The van der Waals surface area contributed by atoms with Crippen molar-refractivity contribution >= 4 is 11.7 Å². The molecule has 1 aromatic rings. The van der Waals surface area contributed by atoms with Crippen LogP contribution in [0.5, 0.6) is 5.75 Å². The number of methoxy groups -OCH3 is 1. The predicted octanol–water partition coefficient (Wildman–Crippen LogP) is 1.50. The number of hydrogen-bond donors (Lipinski definition) is 1. The van der Waals surface area contributed by atoms with Gasteiger partial charge in [0.25, 0.3) is 0 Å². The van der Waals surface area contributed by atoms with Crippen LogP contribution in [0.2, 0.25) is 0 Å². The fourth-order valence-electron chi connectivity index (χ4n) is 1.59. The molecule has 0 heterocycles. The first-order chi connectivity index (χ1) is 9.42. The van der Waals surface area contributed by atoms with E-state index in [9.17, 15) is 19.3 Å². The van der Waals surface area contributed by atoms with E-state index in [2.05, 4.69) is 4.74 Å². The average molecular weight is 286 g/mol. The molecule has 0 bridgehead atoms. The quantitative estimate of drug-likeness (QED) is 0.482. The molecule has 0 radical (unpaired) electrons. The van der Waals surface area contributed by atoms with Crippen LogP contribution < -0.4 is 10.5 Å². The van der Waals surface area contributed by atoms with Gasteiger partial charge in [0.15, 0.2) is 5.75 Å².